The summed E-state index contributed by atoms with van der Waals surface area (Å²) in [6, 6.07) is 5.60. The molecule has 6 nitrogen and oxygen atoms in total. The molecule has 144 valence electrons. The van der Waals surface area contributed by atoms with Gasteiger partial charge in [0.25, 0.3) is 5.91 Å². The lowest BCUT2D eigenvalue weighted by atomic mass is 10.1. The van der Waals surface area contributed by atoms with E-state index in [2.05, 4.69) is 4.98 Å². The minimum Gasteiger partial charge on any atom is -0.377 e. The smallest absolute Gasteiger partial charge is 0.256 e. The van der Waals surface area contributed by atoms with Crippen LogP contribution in [0.3, 0.4) is 0 Å². The van der Waals surface area contributed by atoms with Crippen molar-refractivity contribution >= 4 is 23.1 Å². The van der Waals surface area contributed by atoms with Crippen LogP contribution in [0.15, 0.2) is 42.9 Å². The number of amides is 1. The van der Waals surface area contributed by atoms with E-state index in [4.69, 9.17) is 4.74 Å². The first-order valence-corrected chi connectivity index (χ1v) is 9.12. The molecule has 1 fully saturated rings. The summed E-state index contributed by atoms with van der Waals surface area (Å²) in [6.45, 7) is 4.69. The van der Waals surface area contributed by atoms with Crippen LogP contribution in [0, 0.1) is 5.82 Å². The summed E-state index contributed by atoms with van der Waals surface area (Å²) in [5.41, 5.74) is 1.89. The topological polar surface area (TPSA) is 64.4 Å². The van der Waals surface area contributed by atoms with Gasteiger partial charge in [-0.25, -0.2) is 4.39 Å². The van der Waals surface area contributed by atoms with Crippen LogP contribution in [0.2, 0.25) is 0 Å². The van der Waals surface area contributed by atoms with E-state index in [9.17, 15) is 14.0 Å². The Bertz CT molecular complexity index is 1050. The number of ether oxygens (including phenoxy) is 1. The maximum Gasteiger partial charge on any atom is 0.256 e. The Hall–Kier alpha value is -3.06. The molecule has 0 N–H and O–H groups in total. The normalized spacial score (nSPS) is 19.8. The van der Waals surface area contributed by atoms with Gasteiger partial charge >= 0.3 is 0 Å². The fourth-order valence-electron chi connectivity index (χ4n) is 3.83. The number of rotatable bonds is 3. The van der Waals surface area contributed by atoms with Crippen molar-refractivity contribution in [3.05, 3.63) is 59.8 Å². The van der Waals surface area contributed by atoms with E-state index in [1.165, 1.54) is 12.1 Å². The van der Waals surface area contributed by atoms with Crippen LogP contribution in [-0.2, 0) is 4.74 Å². The van der Waals surface area contributed by atoms with Gasteiger partial charge in [0.1, 0.15) is 5.82 Å². The highest BCUT2D eigenvalue weighted by molar-refractivity contribution is 6.01. The highest BCUT2D eigenvalue weighted by atomic mass is 19.1. The van der Waals surface area contributed by atoms with Gasteiger partial charge < -0.3 is 14.2 Å². The number of pyridine rings is 1. The maximum atomic E-state index is 14.1. The highest BCUT2D eigenvalue weighted by Crippen LogP contribution is 2.28. The second-order valence-electron chi connectivity index (χ2n) is 7.07. The van der Waals surface area contributed by atoms with Crippen molar-refractivity contribution < 1.29 is 18.7 Å². The lowest BCUT2D eigenvalue weighted by Gasteiger charge is -2.39. The second-order valence-corrected chi connectivity index (χ2v) is 7.07. The summed E-state index contributed by atoms with van der Waals surface area (Å²) in [4.78, 5) is 30.7. The van der Waals surface area contributed by atoms with Crippen molar-refractivity contribution in [3.63, 3.8) is 0 Å². The van der Waals surface area contributed by atoms with E-state index >= 15 is 0 Å². The summed E-state index contributed by atoms with van der Waals surface area (Å²) in [5, 5.41) is 0.723. The maximum absolute atomic E-state index is 14.1. The Morgan fingerprint density at radius 1 is 1.25 bits per heavy atom. The zero-order chi connectivity index (χ0) is 19.8. The van der Waals surface area contributed by atoms with Gasteiger partial charge in [0.15, 0.2) is 6.29 Å². The number of fused-ring (bicyclic) bond motifs is 1. The Morgan fingerprint density at radius 3 is 2.71 bits per heavy atom. The molecule has 1 amide bonds. The SMILES string of the molecule is C[C@@H]1COC[C@H](C)N1C(=O)c1cc(F)ccc1-n1cc(C=O)c2ccncc21. The van der Waals surface area contributed by atoms with E-state index in [0.717, 1.165) is 11.7 Å². The molecule has 0 bridgehead atoms. The number of hydrogen-bond acceptors (Lipinski definition) is 4. The molecule has 1 aromatic carbocycles. The van der Waals surface area contributed by atoms with Crippen LogP contribution in [0.4, 0.5) is 4.39 Å². The first-order valence-electron chi connectivity index (χ1n) is 9.12. The van der Waals surface area contributed by atoms with Crippen molar-refractivity contribution in [2.75, 3.05) is 13.2 Å². The van der Waals surface area contributed by atoms with E-state index < -0.39 is 5.82 Å². The molecule has 0 aliphatic carbocycles. The van der Waals surface area contributed by atoms with Crippen molar-refractivity contribution in [2.24, 2.45) is 0 Å². The number of halogens is 1. The van der Waals surface area contributed by atoms with Gasteiger partial charge in [0.2, 0.25) is 0 Å². The number of aromatic nitrogens is 2. The number of morpholine rings is 1. The highest BCUT2D eigenvalue weighted by Gasteiger charge is 2.32. The van der Waals surface area contributed by atoms with Crippen LogP contribution in [0.25, 0.3) is 16.6 Å². The molecule has 0 radical (unpaired) electrons. The predicted octanol–water partition coefficient (Wildman–Crippen LogP) is 3.23. The molecule has 0 unspecified atom stereocenters. The minimum atomic E-state index is -0.495. The molecule has 1 saturated heterocycles. The molecule has 7 heteroatoms. The van der Waals surface area contributed by atoms with E-state index in [0.29, 0.717) is 30.0 Å². The zero-order valence-electron chi connectivity index (χ0n) is 15.6. The van der Waals surface area contributed by atoms with Gasteiger partial charge in [-0.15, -0.1) is 0 Å². The van der Waals surface area contributed by atoms with Gasteiger partial charge in [-0.1, -0.05) is 0 Å². The van der Waals surface area contributed by atoms with Gasteiger partial charge in [-0.2, -0.15) is 0 Å². The summed E-state index contributed by atoms with van der Waals surface area (Å²) in [6.07, 6.45) is 5.64. The molecular weight excluding hydrogens is 361 g/mol. The summed E-state index contributed by atoms with van der Waals surface area (Å²) in [5.74, 6) is -0.762. The quantitative estimate of drug-likeness (QED) is 0.654. The molecule has 2 aromatic heterocycles. The third-order valence-electron chi connectivity index (χ3n) is 5.12. The number of nitrogens with zero attached hydrogens (tertiary/aromatic N) is 3. The molecular formula is C21H20FN3O3. The predicted molar refractivity (Wildman–Crippen MR) is 102 cm³/mol. The number of hydrogen-bond donors (Lipinski definition) is 0. The lowest BCUT2D eigenvalue weighted by Crippen LogP contribution is -2.52. The average molecular weight is 381 g/mol. The standard InChI is InChI=1S/C21H20FN3O3/c1-13-11-28-12-14(2)25(13)21(27)18-7-16(22)3-4-19(18)24-9-15(10-26)17-5-6-23-8-20(17)24/h3-10,13-14H,11-12H2,1-2H3/t13-,14+. The third kappa shape index (κ3) is 2.97. The molecule has 28 heavy (non-hydrogen) atoms. The molecule has 1 aliphatic heterocycles. The van der Waals surface area contributed by atoms with Crippen LogP contribution < -0.4 is 0 Å². The third-order valence-corrected chi connectivity index (χ3v) is 5.12. The van der Waals surface area contributed by atoms with E-state index in [1.54, 1.807) is 40.2 Å². The molecule has 0 spiro atoms. The lowest BCUT2D eigenvalue weighted by molar-refractivity contribution is -0.0249. The molecule has 4 rings (SSSR count). The minimum absolute atomic E-state index is 0.124. The summed E-state index contributed by atoms with van der Waals surface area (Å²) in [7, 11) is 0. The first-order chi connectivity index (χ1) is 13.5. The van der Waals surface area contributed by atoms with Crippen LogP contribution in [-0.4, -0.2) is 51.9 Å². The molecule has 3 heterocycles. The molecule has 2 atom stereocenters. The van der Waals surface area contributed by atoms with Crippen LogP contribution in [0.1, 0.15) is 34.6 Å². The van der Waals surface area contributed by atoms with Crippen LogP contribution >= 0.6 is 0 Å². The Morgan fingerprint density at radius 2 is 2.00 bits per heavy atom. The fourth-order valence-corrected chi connectivity index (χ4v) is 3.83. The Balaban J connectivity index is 1.89. The fraction of sp³-hybridized carbons (Fsp3) is 0.286. The zero-order valence-corrected chi connectivity index (χ0v) is 15.6. The largest absolute Gasteiger partial charge is 0.377 e. The van der Waals surface area contributed by atoms with Gasteiger partial charge in [0, 0.05) is 23.3 Å². The molecule has 0 saturated carbocycles. The molecule has 1 aliphatic rings. The number of carbonyl (C=O) groups excluding carboxylic acids is 2. The van der Waals surface area contributed by atoms with Gasteiger partial charge in [0.05, 0.1) is 48.3 Å². The Kier molecular flexibility index (Phi) is 4.68. The number of aldehydes is 1. The monoisotopic (exact) mass is 381 g/mol. The number of benzene rings is 1. The first kappa shape index (κ1) is 18.3. The van der Waals surface area contributed by atoms with Crippen molar-refractivity contribution in [1.82, 2.24) is 14.5 Å². The van der Waals surface area contributed by atoms with Gasteiger partial charge in [-0.05, 0) is 38.1 Å². The van der Waals surface area contributed by atoms with Crippen molar-refractivity contribution in [3.8, 4) is 5.69 Å². The van der Waals surface area contributed by atoms with E-state index in [-0.39, 0.29) is 23.6 Å². The van der Waals surface area contributed by atoms with Crippen LogP contribution in [0.5, 0.6) is 0 Å². The molecule has 3 aromatic rings. The second kappa shape index (κ2) is 7.16. The number of carbonyl (C=O) groups is 2. The van der Waals surface area contributed by atoms with E-state index in [1.807, 2.05) is 13.8 Å². The summed E-state index contributed by atoms with van der Waals surface area (Å²) < 4.78 is 21.3. The average Bonchev–Trinajstić information content (AvgIpc) is 3.06. The van der Waals surface area contributed by atoms with Crippen molar-refractivity contribution in [1.29, 1.82) is 0 Å². The summed E-state index contributed by atoms with van der Waals surface area (Å²) >= 11 is 0. The van der Waals surface area contributed by atoms with Crippen molar-refractivity contribution in [2.45, 2.75) is 25.9 Å². The van der Waals surface area contributed by atoms with Gasteiger partial charge in [-0.3, -0.25) is 14.6 Å². The Labute approximate surface area is 161 Å².